The zero-order valence-electron chi connectivity index (χ0n) is 38.9. The van der Waals surface area contributed by atoms with E-state index in [1.54, 1.807) is 0 Å². The number of hydrogen-bond donors (Lipinski definition) is 0. The monoisotopic (exact) mass is 856 g/mol. The van der Waals surface area contributed by atoms with Gasteiger partial charge in [-0.15, -0.1) is 0 Å². The maximum atomic E-state index is 7.10. The predicted molar refractivity (Wildman–Crippen MR) is 281 cm³/mol. The van der Waals surface area contributed by atoms with Crippen molar-refractivity contribution in [2.24, 2.45) is 0 Å². The minimum Gasteiger partial charge on any atom is -0.454 e. The lowest BCUT2D eigenvalue weighted by molar-refractivity contribution is 0.572. The van der Waals surface area contributed by atoms with E-state index in [0.29, 0.717) is 0 Å². The maximum absolute atomic E-state index is 7.10. The van der Waals surface area contributed by atoms with Crippen LogP contribution in [0.15, 0.2) is 179 Å². The summed E-state index contributed by atoms with van der Waals surface area (Å²) in [6, 6.07) is 62.1. The second kappa shape index (κ2) is 14.5. The molecule has 0 saturated carbocycles. The average Bonchev–Trinajstić information content (AvgIpc) is 3.88. The minimum absolute atomic E-state index is 0.0913. The molecule has 0 N–H and O–H groups in total. The molecule has 4 nitrogen and oxygen atoms in total. The molecule has 0 unspecified atom stereocenters. The molecule has 322 valence electrons. The Morgan fingerprint density at radius 2 is 0.727 bits per heavy atom. The van der Waals surface area contributed by atoms with Gasteiger partial charge in [-0.3, -0.25) is 0 Å². The Bertz CT molecular complexity index is 3610. The second-order valence-corrected chi connectivity index (χ2v) is 20.3. The van der Waals surface area contributed by atoms with Crippen molar-refractivity contribution in [1.29, 1.82) is 0 Å². The Hall–Kier alpha value is -7.56. The molecular weight excluding hydrogens is 805 g/mol. The molecule has 0 aliphatic carbocycles. The molecule has 12 aromatic rings. The number of benzene rings is 10. The lowest BCUT2D eigenvalue weighted by atomic mass is 9.85. The van der Waals surface area contributed by atoms with Crippen LogP contribution < -0.4 is 9.80 Å². The third-order valence-electron chi connectivity index (χ3n) is 13.7. The van der Waals surface area contributed by atoms with Crippen molar-refractivity contribution in [3.8, 4) is 0 Å². The summed E-state index contributed by atoms with van der Waals surface area (Å²) in [5.41, 5.74) is 14.7. The van der Waals surface area contributed by atoms with Crippen LogP contribution in [0.25, 0.3) is 76.2 Å². The summed E-state index contributed by atoms with van der Waals surface area (Å²) in [6.45, 7) is 18.0. The summed E-state index contributed by atoms with van der Waals surface area (Å²) in [5, 5.41) is 11.7. The number of nitrogens with zero attached hydrogens (tertiary/aromatic N) is 2. The molecule has 0 amide bonds. The first kappa shape index (κ1) is 40.0. The van der Waals surface area contributed by atoms with Gasteiger partial charge in [0.15, 0.2) is 11.2 Å². The van der Waals surface area contributed by atoms with Crippen molar-refractivity contribution in [2.45, 2.75) is 66.2 Å². The summed E-state index contributed by atoms with van der Waals surface area (Å²) in [4.78, 5) is 4.79. The number of para-hydroxylation sites is 4. The summed E-state index contributed by atoms with van der Waals surface area (Å²) < 4.78 is 14.2. The molecule has 4 heteroatoms. The van der Waals surface area contributed by atoms with E-state index in [2.05, 4.69) is 235 Å². The van der Waals surface area contributed by atoms with Crippen LogP contribution >= 0.6 is 0 Å². The van der Waals surface area contributed by atoms with E-state index in [9.17, 15) is 0 Å². The molecule has 2 aromatic heterocycles. The van der Waals surface area contributed by atoms with Gasteiger partial charge in [0.25, 0.3) is 0 Å². The van der Waals surface area contributed by atoms with Crippen LogP contribution in [0.5, 0.6) is 0 Å². The van der Waals surface area contributed by atoms with Crippen molar-refractivity contribution in [1.82, 2.24) is 0 Å². The lowest BCUT2D eigenvalue weighted by Gasteiger charge is -2.29. The number of hydrogen-bond acceptors (Lipinski definition) is 4. The highest BCUT2D eigenvalue weighted by Gasteiger charge is 2.28. The summed E-state index contributed by atoms with van der Waals surface area (Å²) in [6.07, 6.45) is 0. The van der Waals surface area contributed by atoms with E-state index < -0.39 is 0 Å². The van der Waals surface area contributed by atoms with E-state index in [0.717, 1.165) is 78.0 Å². The topological polar surface area (TPSA) is 32.8 Å². The maximum Gasteiger partial charge on any atom is 0.159 e. The van der Waals surface area contributed by atoms with E-state index in [4.69, 9.17) is 8.83 Å². The van der Waals surface area contributed by atoms with Gasteiger partial charge in [0, 0.05) is 54.8 Å². The fourth-order valence-corrected chi connectivity index (χ4v) is 10.7. The van der Waals surface area contributed by atoms with Gasteiger partial charge in [0.05, 0.1) is 22.7 Å². The molecule has 12 rings (SSSR count). The SMILES string of the molecule is Cc1cc(C(C)(C)C)c2oc3c(N(c4ccccc4)c4ccc5ccc6c(N(c7ccccc7)c7cccc8c7oc7c(C(C)(C)C)cc(C)cc78)ccc7ccc4c5c76)cccc3c2c1. The Kier molecular flexibility index (Phi) is 8.77. The van der Waals surface area contributed by atoms with Gasteiger partial charge in [-0.2, -0.15) is 0 Å². The van der Waals surface area contributed by atoms with Crippen LogP contribution in [-0.2, 0) is 10.8 Å². The first-order chi connectivity index (χ1) is 31.8. The fraction of sp³-hybridized carbons (Fsp3) is 0.161. The zero-order chi connectivity index (χ0) is 45.2. The Balaban J connectivity index is 1.12. The minimum atomic E-state index is -0.0913. The van der Waals surface area contributed by atoms with Crippen LogP contribution in [0.4, 0.5) is 34.1 Å². The van der Waals surface area contributed by atoms with Gasteiger partial charge < -0.3 is 18.6 Å². The second-order valence-electron chi connectivity index (χ2n) is 20.3. The molecule has 0 radical (unpaired) electrons. The van der Waals surface area contributed by atoms with Crippen LogP contribution in [0, 0.1) is 13.8 Å². The number of anilines is 6. The third-order valence-corrected chi connectivity index (χ3v) is 13.7. The molecule has 66 heavy (non-hydrogen) atoms. The van der Waals surface area contributed by atoms with Crippen LogP contribution in [0.1, 0.15) is 63.8 Å². The van der Waals surface area contributed by atoms with Crippen molar-refractivity contribution in [3.05, 3.63) is 192 Å². The first-order valence-electron chi connectivity index (χ1n) is 23.2. The largest absolute Gasteiger partial charge is 0.454 e. The van der Waals surface area contributed by atoms with Gasteiger partial charge in [0.1, 0.15) is 11.2 Å². The van der Waals surface area contributed by atoms with Gasteiger partial charge in [-0.05, 0) is 118 Å². The van der Waals surface area contributed by atoms with E-state index in [1.165, 1.54) is 54.6 Å². The molecule has 0 spiro atoms. The van der Waals surface area contributed by atoms with E-state index in [1.807, 2.05) is 0 Å². The van der Waals surface area contributed by atoms with Gasteiger partial charge in [-0.1, -0.05) is 151 Å². The number of rotatable bonds is 6. The molecule has 0 bridgehead atoms. The smallest absolute Gasteiger partial charge is 0.159 e. The highest BCUT2D eigenvalue weighted by Crippen LogP contribution is 2.51. The van der Waals surface area contributed by atoms with Gasteiger partial charge in [0.2, 0.25) is 0 Å². The molecule has 0 fully saturated rings. The van der Waals surface area contributed by atoms with Crippen LogP contribution in [-0.4, -0.2) is 0 Å². The molecule has 0 atom stereocenters. The molecule has 10 aromatic carbocycles. The van der Waals surface area contributed by atoms with Crippen molar-refractivity contribution in [3.63, 3.8) is 0 Å². The van der Waals surface area contributed by atoms with Crippen molar-refractivity contribution >= 4 is 110 Å². The lowest BCUT2D eigenvalue weighted by Crippen LogP contribution is -2.12. The van der Waals surface area contributed by atoms with Crippen molar-refractivity contribution < 1.29 is 8.83 Å². The molecule has 0 aliphatic rings. The quantitative estimate of drug-likeness (QED) is 0.156. The Labute approximate surface area is 385 Å². The Morgan fingerprint density at radius 1 is 0.333 bits per heavy atom. The van der Waals surface area contributed by atoms with Crippen molar-refractivity contribution in [2.75, 3.05) is 9.80 Å². The highest BCUT2D eigenvalue weighted by atomic mass is 16.3. The van der Waals surface area contributed by atoms with Crippen LogP contribution in [0.3, 0.4) is 0 Å². The highest BCUT2D eigenvalue weighted by molar-refractivity contribution is 6.29. The number of furan rings is 2. The summed E-state index contributed by atoms with van der Waals surface area (Å²) in [7, 11) is 0. The number of fused-ring (bicyclic) bond motifs is 6. The predicted octanol–water partition coefficient (Wildman–Crippen LogP) is 18.5. The molecule has 2 heterocycles. The number of aryl methyl sites for hydroxylation is 2. The fourth-order valence-electron chi connectivity index (χ4n) is 10.7. The van der Waals surface area contributed by atoms with Gasteiger partial charge in [-0.25, -0.2) is 0 Å². The van der Waals surface area contributed by atoms with E-state index >= 15 is 0 Å². The summed E-state index contributed by atoms with van der Waals surface area (Å²) in [5.74, 6) is 0. The van der Waals surface area contributed by atoms with E-state index in [-0.39, 0.29) is 10.8 Å². The average molecular weight is 857 g/mol. The molecule has 0 aliphatic heterocycles. The standard InChI is InChI=1S/C62H52N2O2/c1-37-33-47-43-21-15-23-53(59(43)65-57(47)49(35-37)61(3,4)5)63(41-17-11-9-12-18-41)51-31-27-39-26-30-46-52(32-28-40-25-29-45(51)55(39)56(40)46)64(42-19-13-10-14-20-42)54-24-16-22-44-48-34-38(2)36-50(62(6,7)8)58(48)66-60(44)54/h9-36H,1-8H3. The first-order valence-corrected chi connectivity index (χ1v) is 23.2. The van der Waals surface area contributed by atoms with Crippen LogP contribution in [0.2, 0.25) is 0 Å². The third kappa shape index (κ3) is 6.11. The normalized spacial score (nSPS) is 12.5. The molecular formula is C62H52N2O2. The summed E-state index contributed by atoms with van der Waals surface area (Å²) >= 11 is 0. The molecule has 0 saturated heterocycles. The Morgan fingerprint density at radius 3 is 1.12 bits per heavy atom. The zero-order valence-corrected chi connectivity index (χ0v) is 38.9. The van der Waals surface area contributed by atoms with Gasteiger partial charge >= 0.3 is 0 Å².